The zero-order valence-corrected chi connectivity index (χ0v) is 17.7. The van der Waals surface area contributed by atoms with Crippen molar-refractivity contribution in [2.75, 3.05) is 44.1 Å². The fraction of sp³-hybridized carbons (Fsp3) is 0.364. The topological polar surface area (TPSA) is 70.7 Å². The molecule has 2 aromatic rings. The first-order valence-corrected chi connectivity index (χ1v) is 9.79. The first kappa shape index (κ1) is 24.2. The van der Waals surface area contributed by atoms with Crippen LogP contribution in [0.5, 0.6) is 0 Å². The zero-order valence-electron chi connectivity index (χ0n) is 17.7. The van der Waals surface area contributed by atoms with Gasteiger partial charge >= 0.3 is 6.18 Å². The molecule has 0 atom stereocenters. The van der Waals surface area contributed by atoms with E-state index in [1.165, 1.54) is 18.2 Å². The van der Waals surface area contributed by atoms with Crippen LogP contribution in [0.3, 0.4) is 0 Å². The minimum absolute atomic E-state index is 0.131. The number of hydrogen-bond donors (Lipinski definition) is 2. The van der Waals surface area contributed by atoms with Crippen molar-refractivity contribution in [3.8, 4) is 0 Å². The first-order chi connectivity index (χ1) is 14.6. The molecule has 0 aliphatic rings. The number of alkyl halides is 3. The second-order valence-corrected chi connectivity index (χ2v) is 6.97. The Morgan fingerprint density at radius 2 is 1.81 bits per heavy atom. The molecule has 31 heavy (non-hydrogen) atoms. The summed E-state index contributed by atoms with van der Waals surface area (Å²) in [5.41, 5.74) is 0.235. The minimum Gasteiger partial charge on any atom is -0.382 e. The second-order valence-electron chi connectivity index (χ2n) is 6.97. The van der Waals surface area contributed by atoms with E-state index in [0.29, 0.717) is 43.1 Å². The van der Waals surface area contributed by atoms with E-state index in [9.17, 15) is 22.8 Å². The lowest BCUT2D eigenvalue weighted by atomic mass is 10.1. The summed E-state index contributed by atoms with van der Waals surface area (Å²) >= 11 is 0. The van der Waals surface area contributed by atoms with Crippen LogP contribution < -0.4 is 15.5 Å². The maximum Gasteiger partial charge on any atom is 0.416 e. The summed E-state index contributed by atoms with van der Waals surface area (Å²) in [4.78, 5) is 26.9. The molecule has 0 bridgehead atoms. The predicted molar refractivity (Wildman–Crippen MR) is 114 cm³/mol. The number of ether oxygens (including phenoxy) is 1. The molecule has 0 radical (unpaired) electrons. The van der Waals surface area contributed by atoms with Gasteiger partial charge in [0.05, 0.1) is 11.1 Å². The van der Waals surface area contributed by atoms with Gasteiger partial charge in [-0.25, -0.2) is 0 Å². The van der Waals surface area contributed by atoms with Crippen LogP contribution in [0, 0.1) is 0 Å². The summed E-state index contributed by atoms with van der Waals surface area (Å²) in [6.07, 6.45) is -3.89. The van der Waals surface area contributed by atoms with Crippen LogP contribution >= 0.6 is 0 Å². The lowest BCUT2D eigenvalue weighted by Gasteiger charge is -2.18. The molecule has 168 valence electrons. The highest BCUT2D eigenvalue weighted by atomic mass is 19.4. The molecule has 2 N–H and O–H groups in total. The molecule has 0 saturated carbocycles. The predicted octanol–water partition coefficient (Wildman–Crippen LogP) is 4.18. The van der Waals surface area contributed by atoms with Crippen molar-refractivity contribution in [2.24, 2.45) is 0 Å². The molecular weight excluding hydrogens is 411 g/mol. The van der Waals surface area contributed by atoms with Crippen LogP contribution in [0.25, 0.3) is 0 Å². The normalized spacial score (nSPS) is 11.2. The number of hydrogen-bond acceptors (Lipinski definition) is 4. The van der Waals surface area contributed by atoms with Crippen LogP contribution in [0.1, 0.15) is 39.6 Å². The van der Waals surface area contributed by atoms with E-state index >= 15 is 0 Å². The number of carbonyl (C=O) groups excluding carboxylic acids is 2. The Balaban J connectivity index is 2.17. The summed E-state index contributed by atoms with van der Waals surface area (Å²) in [5.74, 6) is -1.03. The largest absolute Gasteiger partial charge is 0.416 e. The van der Waals surface area contributed by atoms with Gasteiger partial charge in [-0.3, -0.25) is 9.59 Å². The van der Waals surface area contributed by atoms with Crippen LogP contribution in [-0.4, -0.2) is 45.7 Å². The molecule has 2 rings (SSSR count). The van der Waals surface area contributed by atoms with Gasteiger partial charge in [-0.05, 0) is 49.7 Å². The highest BCUT2D eigenvalue weighted by Gasteiger charge is 2.31. The van der Waals surface area contributed by atoms with Crippen molar-refractivity contribution < 1.29 is 27.5 Å². The Bertz CT molecular complexity index is 914. The highest BCUT2D eigenvalue weighted by Crippen LogP contribution is 2.30. The van der Waals surface area contributed by atoms with Crippen molar-refractivity contribution in [1.29, 1.82) is 0 Å². The Kier molecular flexibility index (Phi) is 8.44. The van der Waals surface area contributed by atoms with Crippen molar-refractivity contribution >= 4 is 23.2 Å². The first-order valence-electron chi connectivity index (χ1n) is 9.79. The van der Waals surface area contributed by atoms with E-state index in [0.717, 1.165) is 12.1 Å². The van der Waals surface area contributed by atoms with Crippen LogP contribution in [-0.2, 0) is 10.9 Å². The molecule has 0 saturated heterocycles. The molecule has 0 heterocycles. The van der Waals surface area contributed by atoms with E-state index < -0.39 is 17.6 Å². The third-order valence-corrected chi connectivity index (χ3v) is 4.39. The maximum atomic E-state index is 12.9. The van der Waals surface area contributed by atoms with E-state index in [1.54, 1.807) is 31.1 Å². The highest BCUT2D eigenvalue weighted by molar-refractivity contribution is 6.06. The minimum atomic E-state index is -4.54. The average Bonchev–Trinajstić information content (AvgIpc) is 2.72. The lowest BCUT2D eigenvalue weighted by molar-refractivity contribution is -0.137. The lowest BCUT2D eigenvalue weighted by Crippen LogP contribution is -2.27. The smallest absolute Gasteiger partial charge is 0.382 e. The van der Waals surface area contributed by atoms with Gasteiger partial charge in [-0.2, -0.15) is 13.2 Å². The number of nitrogens with one attached hydrogen (secondary N) is 2. The molecule has 0 fully saturated rings. The van der Waals surface area contributed by atoms with Gasteiger partial charge in [0.1, 0.15) is 0 Å². The molecule has 0 unspecified atom stereocenters. The van der Waals surface area contributed by atoms with Gasteiger partial charge < -0.3 is 20.3 Å². The number of benzene rings is 2. The van der Waals surface area contributed by atoms with E-state index in [-0.39, 0.29) is 11.5 Å². The second kappa shape index (κ2) is 10.8. The molecule has 2 aromatic carbocycles. The van der Waals surface area contributed by atoms with Gasteiger partial charge in [0.15, 0.2) is 0 Å². The van der Waals surface area contributed by atoms with Crippen LogP contribution in [0.15, 0.2) is 42.5 Å². The summed E-state index contributed by atoms with van der Waals surface area (Å²) in [6.45, 7) is 3.45. The van der Waals surface area contributed by atoms with Gasteiger partial charge in [0, 0.05) is 50.8 Å². The maximum absolute atomic E-state index is 12.9. The van der Waals surface area contributed by atoms with Crippen molar-refractivity contribution in [3.63, 3.8) is 0 Å². The SMILES string of the molecule is CCOCCCNC(=O)c1cc(NC(=O)c2cccc(C(F)(F)F)c2)ccc1N(C)C. The Morgan fingerprint density at radius 1 is 1.06 bits per heavy atom. The van der Waals surface area contributed by atoms with Crippen LogP contribution in [0.4, 0.5) is 24.5 Å². The van der Waals surface area contributed by atoms with Crippen molar-refractivity contribution in [3.05, 3.63) is 59.2 Å². The monoisotopic (exact) mass is 437 g/mol. The van der Waals surface area contributed by atoms with E-state index in [4.69, 9.17) is 4.74 Å². The Labute approximate surface area is 179 Å². The van der Waals surface area contributed by atoms with Crippen molar-refractivity contribution in [1.82, 2.24) is 5.32 Å². The fourth-order valence-electron chi connectivity index (χ4n) is 2.84. The van der Waals surface area contributed by atoms with E-state index in [2.05, 4.69) is 10.6 Å². The number of amides is 2. The summed E-state index contributed by atoms with van der Waals surface area (Å²) in [7, 11) is 3.56. The van der Waals surface area contributed by atoms with Crippen LogP contribution in [0.2, 0.25) is 0 Å². The van der Waals surface area contributed by atoms with Crippen molar-refractivity contribution in [2.45, 2.75) is 19.5 Å². The molecule has 2 amide bonds. The van der Waals surface area contributed by atoms with Gasteiger partial charge in [0.2, 0.25) is 0 Å². The Hall–Kier alpha value is -3.07. The standard InChI is InChI=1S/C22H26F3N3O3/c1-4-31-12-6-11-26-21(30)18-14-17(9-10-19(18)28(2)3)27-20(29)15-7-5-8-16(13-15)22(23,24)25/h5,7-10,13-14H,4,6,11-12H2,1-3H3,(H,26,30)(H,27,29). The zero-order chi connectivity index (χ0) is 23.0. The third-order valence-electron chi connectivity index (χ3n) is 4.39. The van der Waals surface area contributed by atoms with Gasteiger partial charge in [-0.1, -0.05) is 6.07 Å². The molecule has 6 nitrogen and oxygen atoms in total. The molecule has 0 spiro atoms. The van der Waals surface area contributed by atoms with Gasteiger partial charge in [-0.15, -0.1) is 0 Å². The molecule has 0 aliphatic heterocycles. The van der Waals surface area contributed by atoms with Gasteiger partial charge in [0.25, 0.3) is 11.8 Å². The number of halogens is 3. The molecule has 0 aromatic heterocycles. The quantitative estimate of drug-likeness (QED) is 0.578. The number of anilines is 2. The third kappa shape index (κ3) is 6.99. The Morgan fingerprint density at radius 3 is 2.45 bits per heavy atom. The number of nitrogens with zero attached hydrogens (tertiary/aromatic N) is 1. The average molecular weight is 437 g/mol. The number of carbonyl (C=O) groups is 2. The fourth-order valence-corrected chi connectivity index (χ4v) is 2.84. The number of rotatable bonds is 9. The summed E-state index contributed by atoms with van der Waals surface area (Å²) < 4.78 is 43.9. The van der Waals surface area contributed by atoms with E-state index in [1.807, 2.05) is 6.92 Å². The summed E-state index contributed by atoms with van der Waals surface area (Å²) in [6, 6.07) is 8.91. The molecule has 0 aliphatic carbocycles. The molecule has 9 heteroatoms. The summed E-state index contributed by atoms with van der Waals surface area (Å²) in [5, 5.41) is 5.36. The molecular formula is C22H26F3N3O3.